The fourth-order valence-corrected chi connectivity index (χ4v) is 2.59. The van der Waals surface area contributed by atoms with Gasteiger partial charge in [0.15, 0.2) is 0 Å². The molecule has 3 aliphatic rings. The number of rotatable bonds is 1. The van der Waals surface area contributed by atoms with E-state index in [0.717, 1.165) is 19.3 Å². The van der Waals surface area contributed by atoms with Crippen LogP contribution in [0, 0.1) is 5.41 Å². The molecule has 0 heterocycles. The molecule has 2 bridgehead atoms. The molecule has 0 amide bonds. The molecule has 0 spiro atoms. The lowest BCUT2D eigenvalue weighted by atomic mass is 9.42. The van der Waals surface area contributed by atoms with Crippen molar-refractivity contribution in [3.8, 4) is 0 Å². The lowest BCUT2D eigenvalue weighted by Crippen LogP contribution is -2.67. The smallest absolute Gasteiger partial charge is 0.303 e. The summed E-state index contributed by atoms with van der Waals surface area (Å²) in [5, 5.41) is 0. The van der Waals surface area contributed by atoms with E-state index in [1.165, 1.54) is 6.92 Å². The minimum atomic E-state index is -0.123. The maximum absolute atomic E-state index is 10.6. The van der Waals surface area contributed by atoms with Gasteiger partial charge in [0.25, 0.3) is 0 Å². The standard InChI is InChI=1S/C8H12O2/c1-6(9)10-8-3-7(2,4-8)5-8/h3-5H2,1-2H3. The van der Waals surface area contributed by atoms with Gasteiger partial charge in [-0.05, 0) is 24.7 Å². The third kappa shape index (κ3) is 0.619. The molecular formula is C8H12O2. The van der Waals surface area contributed by atoms with Crippen molar-refractivity contribution in [2.24, 2.45) is 5.41 Å². The van der Waals surface area contributed by atoms with Crippen molar-refractivity contribution >= 4 is 5.97 Å². The Balaban J connectivity index is 1.93. The summed E-state index contributed by atoms with van der Waals surface area (Å²) in [5.74, 6) is -0.123. The van der Waals surface area contributed by atoms with Crippen LogP contribution in [-0.4, -0.2) is 11.6 Å². The molecule has 0 aromatic carbocycles. The van der Waals surface area contributed by atoms with E-state index in [1.54, 1.807) is 0 Å². The zero-order chi connectivity index (χ0) is 7.41. The van der Waals surface area contributed by atoms with Crippen molar-refractivity contribution in [2.75, 3.05) is 0 Å². The van der Waals surface area contributed by atoms with Gasteiger partial charge in [0.1, 0.15) is 5.60 Å². The zero-order valence-electron chi connectivity index (χ0n) is 6.44. The number of carbonyl (C=O) groups excluding carboxylic acids is 1. The number of hydrogen-bond acceptors (Lipinski definition) is 2. The highest BCUT2D eigenvalue weighted by Crippen LogP contribution is 2.68. The lowest BCUT2D eigenvalue weighted by Gasteiger charge is -2.67. The first-order valence-corrected chi connectivity index (χ1v) is 3.73. The van der Waals surface area contributed by atoms with Crippen LogP contribution in [0.5, 0.6) is 0 Å². The Morgan fingerprint density at radius 2 is 1.90 bits per heavy atom. The van der Waals surface area contributed by atoms with Crippen LogP contribution in [0.2, 0.25) is 0 Å². The topological polar surface area (TPSA) is 26.3 Å². The van der Waals surface area contributed by atoms with Crippen LogP contribution < -0.4 is 0 Å². The van der Waals surface area contributed by atoms with E-state index in [9.17, 15) is 4.79 Å². The van der Waals surface area contributed by atoms with Crippen LogP contribution in [0.15, 0.2) is 0 Å². The van der Waals surface area contributed by atoms with Crippen molar-refractivity contribution in [3.63, 3.8) is 0 Å². The number of hydrogen-bond donors (Lipinski definition) is 0. The maximum Gasteiger partial charge on any atom is 0.303 e. The van der Waals surface area contributed by atoms with Gasteiger partial charge in [0.05, 0.1) is 0 Å². The summed E-state index contributed by atoms with van der Waals surface area (Å²) in [6.07, 6.45) is 3.29. The molecule has 3 aliphatic carbocycles. The minimum absolute atomic E-state index is 0.000579. The molecule has 10 heavy (non-hydrogen) atoms. The summed E-state index contributed by atoms with van der Waals surface area (Å²) in [4.78, 5) is 10.6. The second kappa shape index (κ2) is 1.39. The maximum atomic E-state index is 10.6. The van der Waals surface area contributed by atoms with E-state index < -0.39 is 0 Å². The second-order valence-electron chi connectivity index (χ2n) is 4.12. The summed E-state index contributed by atoms with van der Waals surface area (Å²) in [5.41, 5.74) is 0.538. The predicted molar refractivity (Wildman–Crippen MR) is 36.5 cm³/mol. The van der Waals surface area contributed by atoms with E-state index in [4.69, 9.17) is 4.74 Å². The lowest BCUT2D eigenvalue weighted by molar-refractivity contribution is -0.264. The predicted octanol–water partition coefficient (Wildman–Crippen LogP) is 1.49. The largest absolute Gasteiger partial charge is 0.459 e. The Morgan fingerprint density at radius 1 is 1.40 bits per heavy atom. The third-order valence-corrected chi connectivity index (χ3v) is 2.61. The summed E-state index contributed by atoms with van der Waals surface area (Å²) in [6, 6.07) is 0. The van der Waals surface area contributed by atoms with Gasteiger partial charge in [0.2, 0.25) is 0 Å². The van der Waals surface area contributed by atoms with Gasteiger partial charge >= 0.3 is 5.97 Å². The van der Waals surface area contributed by atoms with Crippen molar-refractivity contribution in [3.05, 3.63) is 0 Å². The third-order valence-electron chi connectivity index (χ3n) is 2.61. The average Bonchev–Trinajstić information content (AvgIpc) is 1.56. The highest BCUT2D eigenvalue weighted by molar-refractivity contribution is 5.67. The molecule has 0 unspecified atom stereocenters. The first kappa shape index (κ1) is 6.20. The Labute approximate surface area is 60.6 Å². The molecule has 0 saturated heterocycles. The van der Waals surface area contributed by atoms with Crippen LogP contribution in [0.1, 0.15) is 33.1 Å². The summed E-state index contributed by atoms with van der Waals surface area (Å²) >= 11 is 0. The summed E-state index contributed by atoms with van der Waals surface area (Å²) in [7, 11) is 0. The van der Waals surface area contributed by atoms with Crippen LogP contribution in [0.4, 0.5) is 0 Å². The van der Waals surface area contributed by atoms with Gasteiger partial charge in [0, 0.05) is 6.92 Å². The quantitative estimate of drug-likeness (QED) is 0.516. The van der Waals surface area contributed by atoms with Crippen LogP contribution in [0.3, 0.4) is 0 Å². The molecule has 0 aliphatic heterocycles. The molecule has 0 atom stereocenters. The Kier molecular flexibility index (Phi) is 0.859. The monoisotopic (exact) mass is 140 g/mol. The van der Waals surface area contributed by atoms with Crippen LogP contribution in [0.25, 0.3) is 0 Å². The van der Waals surface area contributed by atoms with Crippen molar-refractivity contribution in [1.29, 1.82) is 0 Å². The minimum Gasteiger partial charge on any atom is -0.459 e. The molecule has 3 saturated carbocycles. The van der Waals surface area contributed by atoms with Gasteiger partial charge in [-0.2, -0.15) is 0 Å². The number of esters is 1. The van der Waals surface area contributed by atoms with Gasteiger partial charge < -0.3 is 4.74 Å². The Hall–Kier alpha value is -0.530. The highest BCUT2D eigenvalue weighted by atomic mass is 16.6. The van der Waals surface area contributed by atoms with E-state index in [-0.39, 0.29) is 11.6 Å². The Morgan fingerprint density at radius 3 is 2.20 bits per heavy atom. The molecule has 0 aromatic heterocycles. The van der Waals surface area contributed by atoms with E-state index in [2.05, 4.69) is 6.92 Å². The number of ether oxygens (including phenoxy) is 1. The normalized spacial score (nSPS) is 49.0. The number of carbonyl (C=O) groups is 1. The molecule has 0 N–H and O–H groups in total. The fraction of sp³-hybridized carbons (Fsp3) is 0.875. The average molecular weight is 140 g/mol. The first-order chi connectivity index (χ1) is 4.54. The van der Waals surface area contributed by atoms with E-state index >= 15 is 0 Å². The van der Waals surface area contributed by atoms with Crippen LogP contribution in [-0.2, 0) is 9.53 Å². The SMILES string of the molecule is CC(=O)OC12CC(C)(C1)C2. The molecular weight excluding hydrogens is 128 g/mol. The molecule has 3 rings (SSSR count). The zero-order valence-corrected chi connectivity index (χ0v) is 6.44. The Bertz CT molecular complexity index is 176. The molecule has 2 heteroatoms. The summed E-state index contributed by atoms with van der Waals surface area (Å²) < 4.78 is 5.17. The van der Waals surface area contributed by atoms with E-state index in [0.29, 0.717) is 5.41 Å². The van der Waals surface area contributed by atoms with Crippen molar-refractivity contribution in [2.45, 2.75) is 38.7 Å². The molecule has 56 valence electrons. The van der Waals surface area contributed by atoms with E-state index in [1.807, 2.05) is 0 Å². The van der Waals surface area contributed by atoms with Gasteiger partial charge in [-0.25, -0.2) is 0 Å². The first-order valence-electron chi connectivity index (χ1n) is 3.73. The summed E-state index contributed by atoms with van der Waals surface area (Å²) in [6.45, 7) is 3.74. The highest BCUT2D eigenvalue weighted by Gasteiger charge is 2.67. The van der Waals surface area contributed by atoms with Crippen LogP contribution >= 0.6 is 0 Å². The molecule has 0 aromatic rings. The molecule has 2 nitrogen and oxygen atoms in total. The van der Waals surface area contributed by atoms with Crippen molar-refractivity contribution in [1.82, 2.24) is 0 Å². The van der Waals surface area contributed by atoms with Gasteiger partial charge in [-0.15, -0.1) is 0 Å². The molecule has 3 fully saturated rings. The second-order valence-corrected chi connectivity index (χ2v) is 4.12. The van der Waals surface area contributed by atoms with Gasteiger partial charge in [-0.1, -0.05) is 6.92 Å². The van der Waals surface area contributed by atoms with Crippen molar-refractivity contribution < 1.29 is 9.53 Å². The molecule has 0 radical (unpaired) electrons. The van der Waals surface area contributed by atoms with Gasteiger partial charge in [-0.3, -0.25) is 4.79 Å². The fourth-order valence-electron chi connectivity index (χ4n) is 2.59.